The number of nitrogens with two attached hydrogens (primary N) is 1. The molecule has 3 N–H and O–H groups in total. The number of H-pyrrole nitrogens is 1. The van der Waals surface area contributed by atoms with Gasteiger partial charge in [0, 0.05) is 18.3 Å². The molecule has 0 radical (unpaired) electrons. The number of nitrogens with zero attached hydrogens (tertiary/aromatic N) is 1. The molecule has 0 saturated carbocycles. The summed E-state index contributed by atoms with van der Waals surface area (Å²) in [6, 6.07) is 13.2. The smallest absolute Gasteiger partial charge is 0.263 e. The molecule has 1 saturated heterocycles. The molecular weight excluding hydrogens is 410 g/mol. The van der Waals surface area contributed by atoms with Gasteiger partial charge in [-0.3, -0.25) is 14.4 Å². The van der Waals surface area contributed by atoms with Gasteiger partial charge >= 0.3 is 0 Å². The zero-order valence-electron chi connectivity index (χ0n) is 18.0. The Morgan fingerprint density at radius 3 is 2.72 bits per heavy atom. The van der Waals surface area contributed by atoms with E-state index in [1.54, 1.807) is 25.3 Å². The van der Waals surface area contributed by atoms with Crippen molar-refractivity contribution in [2.75, 3.05) is 19.7 Å². The number of rotatable bonds is 5. The Labute approximate surface area is 184 Å². The first kappa shape index (κ1) is 21.6. The number of pyridine rings is 1. The van der Waals surface area contributed by atoms with E-state index in [4.69, 9.17) is 15.2 Å². The molecule has 32 heavy (non-hydrogen) atoms. The summed E-state index contributed by atoms with van der Waals surface area (Å²) in [5.41, 5.74) is 8.10. The minimum Gasteiger partial charge on any atom is -0.481 e. The number of carbonyl (C=O) groups excluding carboxylic acids is 2. The van der Waals surface area contributed by atoms with E-state index in [1.165, 1.54) is 4.90 Å². The summed E-state index contributed by atoms with van der Waals surface area (Å²) in [4.78, 5) is 41.0. The lowest BCUT2D eigenvalue weighted by molar-refractivity contribution is -0.150. The van der Waals surface area contributed by atoms with Gasteiger partial charge in [0.2, 0.25) is 5.91 Å². The number of hydrogen-bond donors (Lipinski definition) is 2. The van der Waals surface area contributed by atoms with Gasteiger partial charge in [-0.25, -0.2) is 0 Å². The fraction of sp³-hybridized carbons (Fsp3) is 0.292. The molecule has 2 atom stereocenters. The Morgan fingerprint density at radius 1 is 1.19 bits per heavy atom. The Morgan fingerprint density at radius 2 is 1.97 bits per heavy atom. The van der Waals surface area contributed by atoms with Gasteiger partial charge in [-0.05, 0) is 48.6 Å². The average Bonchev–Trinajstić information content (AvgIpc) is 2.80. The zero-order chi connectivity index (χ0) is 22.8. The number of hydrogen-bond acceptors (Lipinski definition) is 5. The second-order valence-electron chi connectivity index (χ2n) is 7.86. The first-order valence-electron chi connectivity index (χ1n) is 10.4. The van der Waals surface area contributed by atoms with Gasteiger partial charge in [-0.2, -0.15) is 0 Å². The lowest BCUT2D eigenvalue weighted by Gasteiger charge is -2.33. The Kier molecular flexibility index (Phi) is 5.96. The minimum atomic E-state index is -0.820. The Bertz CT molecular complexity index is 1240. The van der Waals surface area contributed by atoms with Crippen molar-refractivity contribution in [3.05, 3.63) is 64.6 Å². The monoisotopic (exact) mass is 435 g/mol. The molecule has 0 aliphatic carbocycles. The van der Waals surface area contributed by atoms with Crippen LogP contribution in [-0.2, 0) is 14.3 Å². The molecule has 4 rings (SSSR count). The van der Waals surface area contributed by atoms with Gasteiger partial charge in [-0.1, -0.05) is 24.3 Å². The Hall–Kier alpha value is -3.65. The molecule has 2 aromatic carbocycles. The van der Waals surface area contributed by atoms with Crippen LogP contribution >= 0.6 is 0 Å². The van der Waals surface area contributed by atoms with E-state index in [1.807, 2.05) is 37.3 Å². The maximum atomic E-state index is 12.8. The molecular formula is C24H25N3O5. The Balaban J connectivity index is 1.58. The highest BCUT2D eigenvalue weighted by atomic mass is 16.5. The molecule has 0 unspecified atom stereocenters. The molecule has 8 nitrogen and oxygen atoms in total. The molecule has 3 aromatic rings. The summed E-state index contributed by atoms with van der Waals surface area (Å²) in [6.45, 7) is 4.34. The number of amides is 2. The molecule has 166 valence electrons. The summed E-state index contributed by atoms with van der Waals surface area (Å²) < 4.78 is 11.1. The second kappa shape index (κ2) is 8.84. The molecule has 1 aliphatic heterocycles. The van der Waals surface area contributed by atoms with E-state index < -0.39 is 18.1 Å². The standard InChI is InChI=1S/C24H25N3O5/c1-14-5-3-4-6-17(14)20-12-26-23(29)19-11-16(7-8-18(19)20)32-15(2)24(30)27-9-10-31-21(13-27)22(25)28/h3-8,11-12,15,21H,9-10,13H2,1-2H3,(H2,25,28)(H,26,29)/t15-,21-/m1/s1. The number of ether oxygens (including phenoxy) is 2. The summed E-state index contributed by atoms with van der Waals surface area (Å²) >= 11 is 0. The van der Waals surface area contributed by atoms with Crippen LogP contribution in [0.2, 0.25) is 0 Å². The topological polar surface area (TPSA) is 115 Å². The number of aromatic amines is 1. The first-order chi connectivity index (χ1) is 15.3. The van der Waals surface area contributed by atoms with Crippen LogP contribution < -0.4 is 16.0 Å². The number of morpholine rings is 1. The van der Waals surface area contributed by atoms with Crippen LogP contribution in [0.4, 0.5) is 0 Å². The van der Waals surface area contributed by atoms with E-state index in [9.17, 15) is 14.4 Å². The van der Waals surface area contributed by atoms with Crippen LogP contribution in [0, 0.1) is 6.92 Å². The summed E-state index contributed by atoms with van der Waals surface area (Å²) in [5, 5.41) is 1.27. The number of aromatic nitrogens is 1. The van der Waals surface area contributed by atoms with Crippen LogP contribution in [0.1, 0.15) is 12.5 Å². The molecule has 2 amide bonds. The van der Waals surface area contributed by atoms with Gasteiger partial charge in [0.25, 0.3) is 11.5 Å². The van der Waals surface area contributed by atoms with Crippen molar-refractivity contribution < 1.29 is 19.1 Å². The number of primary amides is 1. The van der Waals surface area contributed by atoms with Crippen molar-refractivity contribution in [2.45, 2.75) is 26.1 Å². The molecule has 1 aromatic heterocycles. The average molecular weight is 435 g/mol. The second-order valence-corrected chi connectivity index (χ2v) is 7.86. The highest BCUT2D eigenvalue weighted by Crippen LogP contribution is 2.30. The lowest BCUT2D eigenvalue weighted by Crippen LogP contribution is -2.53. The first-order valence-corrected chi connectivity index (χ1v) is 10.4. The van der Waals surface area contributed by atoms with Gasteiger partial charge < -0.3 is 25.1 Å². The zero-order valence-corrected chi connectivity index (χ0v) is 18.0. The van der Waals surface area contributed by atoms with Crippen LogP contribution in [0.25, 0.3) is 21.9 Å². The van der Waals surface area contributed by atoms with Crippen LogP contribution in [0.5, 0.6) is 5.75 Å². The van der Waals surface area contributed by atoms with Crippen molar-refractivity contribution in [1.29, 1.82) is 0 Å². The van der Waals surface area contributed by atoms with Crippen LogP contribution in [-0.4, -0.2) is 53.6 Å². The third-order valence-corrected chi connectivity index (χ3v) is 5.66. The highest BCUT2D eigenvalue weighted by molar-refractivity contribution is 5.97. The van der Waals surface area contributed by atoms with E-state index >= 15 is 0 Å². The van der Waals surface area contributed by atoms with Crippen LogP contribution in [0.15, 0.2) is 53.5 Å². The lowest BCUT2D eigenvalue weighted by atomic mass is 9.97. The van der Waals surface area contributed by atoms with Crippen LogP contribution in [0.3, 0.4) is 0 Å². The molecule has 0 bridgehead atoms. The third-order valence-electron chi connectivity index (χ3n) is 5.66. The van der Waals surface area contributed by atoms with Gasteiger partial charge in [0.05, 0.1) is 18.5 Å². The van der Waals surface area contributed by atoms with Crippen molar-refractivity contribution in [1.82, 2.24) is 9.88 Å². The molecule has 1 fully saturated rings. The van der Waals surface area contributed by atoms with Crippen molar-refractivity contribution in [2.24, 2.45) is 5.73 Å². The highest BCUT2D eigenvalue weighted by Gasteiger charge is 2.30. The maximum absolute atomic E-state index is 12.8. The van der Waals surface area contributed by atoms with Gasteiger partial charge in [0.1, 0.15) is 5.75 Å². The minimum absolute atomic E-state index is 0.0963. The number of fused-ring (bicyclic) bond motifs is 1. The van der Waals surface area contributed by atoms with Gasteiger partial charge in [0.15, 0.2) is 12.2 Å². The molecule has 1 aliphatic rings. The van der Waals surface area contributed by atoms with E-state index in [0.29, 0.717) is 17.7 Å². The molecule has 0 spiro atoms. The predicted octanol–water partition coefficient (Wildman–Crippen LogP) is 1.98. The summed E-state index contributed by atoms with van der Waals surface area (Å²) in [5.74, 6) is -0.470. The van der Waals surface area contributed by atoms with Crippen molar-refractivity contribution in [3.63, 3.8) is 0 Å². The molecule has 8 heteroatoms. The maximum Gasteiger partial charge on any atom is 0.263 e. The van der Waals surface area contributed by atoms with E-state index in [2.05, 4.69) is 4.98 Å². The number of benzene rings is 2. The third kappa shape index (κ3) is 4.22. The van der Waals surface area contributed by atoms with Crippen molar-refractivity contribution >= 4 is 22.6 Å². The van der Waals surface area contributed by atoms with E-state index in [-0.39, 0.29) is 24.6 Å². The normalized spacial score (nSPS) is 17.2. The van der Waals surface area contributed by atoms with E-state index in [0.717, 1.165) is 22.1 Å². The fourth-order valence-electron chi connectivity index (χ4n) is 3.94. The SMILES string of the molecule is Cc1ccccc1-c1c[nH]c(=O)c2cc(O[C@H](C)C(=O)N3CCO[C@@H](C(N)=O)C3)ccc12. The summed E-state index contributed by atoms with van der Waals surface area (Å²) in [7, 11) is 0. The van der Waals surface area contributed by atoms with Crippen molar-refractivity contribution in [3.8, 4) is 16.9 Å². The predicted molar refractivity (Wildman–Crippen MR) is 120 cm³/mol. The fourth-order valence-corrected chi connectivity index (χ4v) is 3.94. The van der Waals surface area contributed by atoms with Gasteiger partial charge in [-0.15, -0.1) is 0 Å². The molecule has 2 heterocycles. The number of aryl methyl sites for hydroxylation is 1. The number of nitrogens with one attached hydrogen (secondary N) is 1. The number of carbonyl (C=O) groups is 2. The summed E-state index contributed by atoms with van der Waals surface area (Å²) in [6.07, 6.45) is 0.0875. The largest absolute Gasteiger partial charge is 0.481 e. The quantitative estimate of drug-likeness (QED) is 0.636.